The van der Waals surface area contributed by atoms with Gasteiger partial charge in [-0.3, -0.25) is 0 Å². The van der Waals surface area contributed by atoms with Crippen LogP contribution in [0, 0.1) is 0 Å². The minimum Gasteiger partial charge on any atom is -0.497 e. The lowest BCUT2D eigenvalue weighted by molar-refractivity contribution is 0.414. The molecule has 27 heavy (non-hydrogen) atoms. The van der Waals surface area contributed by atoms with Gasteiger partial charge < -0.3 is 20.7 Å². The van der Waals surface area contributed by atoms with E-state index in [0.717, 1.165) is 31.7 Å². The summed E-state index contributed by atoms with van der Waals surface area (Å²) in [5.74, 6) is 1.37. The summed E-state index contributed by atoms with van der Waals surface area (Å²) in [6, 6.07) is 14.7. The van der Waals surface area contributed by atoms with Gasteiger partial charge in [-0.2, -0.15) is 0 Å². The zero-order valence-electron chi connectivity index (χ0n) is 16.1. The Morgan fingerprint density at radius 2 is 1.93 bits per heavy atom. The third-order valence-corrected chi connectivity index (χ3v) is 4.81. The summed E-state index contributed by atoms with van der Waals surface area (Å²) < 4.78 is 5.17. The molecule has 5 nitrogen and oxygen atoms in total. The van der Waals surface area contributed by atoms with E-state index < -0.39 is 0 Å². The van der Waals surface area contributed by atoms with Crippen molar-refractivity contribution < 1.29 is 4.74 Å². The molecule has 146 valence electrons. The Morgan fingerprint density at radius 3 is 2.67 bits per heavy atom. The number of benzene rings is 2. The molecule has 0 bridgehead atoms. The van der Waals surface area contributed by atoms with Gasteiger partial charge in [0.25, 0.3) is 0 Å². The first kappa shape index (κ1) is 21.3. The van der Waals surface area contributed by atoms with Crippen LogP contribution in [0.3, 0.4) is 0 Å². The van der Waals surface area contributed by atoms with Crippen LogP contribution in [-0.4, -0.2) is 33.2 Å². The van der Waals surface area contributed by atoms with Gasteiger partial charge in [-0.15, -0.1) is 24.0 Å². The van der Waals surface area contributed by atoms with Crippen LogP contribution in [0.4, 0.5) is 5.69 Å². The van der Waals surface area contributed by atoms with Crippen LogP contribution in [0.25, 0.3) is 0 Å². The van der Waals surface area contributed by atoms with Crippen molar-refractivity contribution in [3.8, 4) is 5.75 Å². The van der Waals surface area contributed by atoms with Gasteiger partial charge >= 0.3 is 0 Å². The van der Waals surface area contributed by atoms with E-state index in [9.17, 15) is 0 Å². The van der Waals surface area contributed by atoms with E-state index in [1.165, 1.54) is 28.8 Å². The number of ether oxygens (including phenoxy) is 1. The number of nitrogens with two attached hydrogens (primary N) is 1. The van der Waals surface area contributed by atoms with Crippen molar-refractivity contribution >= 4 is 35.6 Å². The highest BCUT2D eigenvalue weighted by Gasteiger charge is 2.13. The van der Waals surface area contributed by atoms with Gasteiger partial charge in [-0.05, 0) is 54.2 Å². The van der Waals surface area contributed by atoms with Crippen molar-refractivity contribution in [3.63, 3.8) is 0 Å². The summed E-state index contributed by atoms with van der Waals surface area (Å²) in [5.41, 5.74) is 11.2. The Hall–Kier alpha value is -1.96. The smallest absolute Gasteiger partial charge is 0.188 e. The lowest BCUT2D eigenvalue weighted by Gasteiger charge is -2.27. The third kappa shape index (κ3) is 6.02. The van der Waals surface area contributed by atoms with Gasteiger partial charge in [0.2, 0.25) is 0 Å². The maximum absolute atomic E-state index is 6.00. The molecule has 3 N–H and O–H groups in total. The van der Waals surface area contributed by atoms with Crippen molar-refractivity contribution in [2.45, 2.75) is 25.8 Å². The predicted octanol–water partition coefficient (Wildman–Crippen LogP) is 3.34. The van der Waals surface area contributed by atoms with Gasteiger partial charge in [0.05, 0.1) is 13.7 Å². The number of nitrogens with one attached hydrogen (secondary N) is 1. The second-order valence-electron chi connectivity index (χ2n) is 6.71. The van der Waals surface area contributed by atoms with Gasteiger partial charge in [-0.25, -0.2) is 4.99 Å². The van der Waals surface area contributed by atoms with Crippen LogP contribution < -0.4 is 20.7 Å². The molecule has 0 aliphatic carbocycles. The Balaban J connectivity index is 0.00000261. The van der Waals surface area contributed by atoms with E-state index in [-0.39, 0.29) is 24.0 Å². The number of hydrogen-bond acceptors (Lipinski definition) is 3. The zero-order chi connectivity index (χ0) is 18.4. The Bertz CT molecular complexity index is 761. The Morgan fingerprint density at radius 1 is 1.19 bits per heavy atom. The molecule has 2 aromatic carbocycles. The van der Waals surface area contributed by atoms with Crippen molar-refractivity contribution in [1.29, 1.82) is 0 Å². The van der Waals surface area contributed by atoms with Crippen LogP contribution in [0.2, 0.25) is 0 Å². The SMILES string of the molecule is COc1ccc(CCNC(N)=NCc2ccc3c(c2)CCCN3C)cc1.I. The fourth-order valence-corrected chi connectivity index (χ4v) is 3.30. The molecule has 0 spiro atoms. The maximum atomic E-state index is 6.00. The number of fused-ring (bicyclic) bond motifs is 1. The highest BCUT2D eigenvalue weighted by molar-refractivity contribution is 14.0. The van der Waals surface area contributed by atoms with Crippen LogP contribution in [-0.2, 0) is 19.4 Å². The van der Waals surface area contributed by atoms with E-state index >= 15 is 0 Å². The topological polar surface area (TPSA) is 62.9 Å². The summed E-state index contributed by atoms with van der Waals surface area (Å²) in [6.45, 7) is 2.50. The first-order valence-corrected chi connectivity index (χ1v) is 9.15. The highest BCUT2D eigenvalue weighted by Crippen LogP contribution is 2.26. The number of rotatable bonds is 6. The van der Waals surface area contributed by atoms with Crippen molar-refractivity contribution in [2.24, 2.45) is 10.7 Å². The number of aryl methyl sites for hydroxylation is 1. The van der Waals surface area contributed by atoms with Crippen LogP contribution in [0.15, 0.2) is 47.5 Å². The van der Waals surface area contributed by atoms with E-state index in [1.807, 2.05) is 12.1 Å². The number of guanidine groups is 1. The molecule has 1 heterocycles. The normalized spacial score (nSPS) is 13.6. The lowest BCUT2D eigenvalue weighted by Crippen LogP contribution is -2.33. The summed E-state index contributed by atoms with van der Waals surface area (Å²) in [6.07, 6.45) is 3.25. The van der Waals surface area contributed by atoms with E-state index in [1.54, 1.807) is 7.11 Å². The molecular weight excluding hydrogens is 451 g/mol. The summed E-state index contributed by atoms with van der Waals surface area (Å²) in [7, 11) is 3.83. The molecule has 1 aliphatic heterocycles. The number of halogens is 1. The minimum absolute atomic E-state index is 0. The standard InChI is InChI=1S/C21H28N4O.HI/c1-25-13-3-4-18-14-17(7-10-20(18)25)15-24-21(22)23-12-11-16-5-8-19(26-2)9-6-16;/h5-10,14H,3-4,11-13,15H2,1-2H3,(H3,22,23,24);1H. The molecule has 6 heteroatoms. The maximum Gasteiger partial charge on any atom is 0.188 e. The molecule has 0 saturated heterocycles. The molecule has 0 fully saturated rings. The molecule has 3 rings (SSSR count). The summed E-state index contributed by atoms with van der Waals surface area (Å²) in [4.78, 5) is 6.79. The number of aliphatic imine (C=N–C) groups is 1. The second kappa shape index (κ2) is 10.4. The highest BCUT2D eigenvalue weighted by atomic mass is 127. The summed E-state index contributed by atoms with van der Waals surface area (Å²) in [5, 5.41) is 3.19. The van der Waals surface area contributed by atoms with Crippen LogP contribution >= 0.6 is 24.0 Å². The average molecular weight is 480 g/mol. The largest absolute Gasteiger partial charge is 0.497 e. The first-order valence-electron chi connectivity index (χ1n) is 9.15. The van der Waals surface area contributed by atoms with Gasteiger partial charge in [0, 0.05) is 25.8 Å². The number of nitrogens with zero attached hydrogens (tertiary/aromatic N) is 2. The molecule has 0 amide bonds. The van der Waals surface area contributed by atoms with E-state index in [4.69, 9.17) is 10.5 Å². The number of methoxy groups -OCH3 is 1. The number of hydrogen-bond donors (Lipinski definition) is 2. The average Bonchev–Trinajstić information content (AvgIpc) is 2.67. The predicted molar refractivity (Wildman–Crippen MR) is 123 cm³/mol. The monoisotopic (exact) mass is 480 g/mol. The quantitative estimate of drug-likeness (QED) is 0.378. The van der Waals surface area contributed by atoms with E-state index in [0.29, 0.717) is 12.5 Å². The molecule has 0 atom stereocenters. The van der Waals surface area contributed by atoms with Crippen LogP contribution in [0.5, 0.6) is 5.75 Å². The fourth-order valence-electron chi connectivity index (χ4n) is 3.30. The number of anilines is 1. The van der Waals surface area contributed by atoms with Crippen molar-refractivity contribution in [3.05, 3.63) is 59.2 Å². The first-order chi connectivity index (χ1) is 12.7. The fraction of sp³-hybridized carbons (Fsp3) is 0.381. The molecule has 2 aromatic rings. The summed E-state index contributed by atoms with van der Waals surface area (Å²) >= 11 is 0. The van der Waals surface area contributed by atoms with Gasteiger partial charge in [-0.1, -0.05) is 24.3 Å². The van der Waals surface area contributed by atoms with Gasteiger partial charge in [0.15, 0.2) is 5.96 Å². The molecule has 0 unspecified atom stereocenters. The molecular formula is C21H29IN4O. The van der Waals surface area contributed by atoms with Crippen LogP contribution in [0.1, 0.15) is 23.1 Å². The minimum atomic E-state index is 0. The molecule has 0 saturated carbocycles. The second-order valence-corrected chi connectivity index (χ2v) is 6.71. The Labute approximate surface area is 179 Å². The van der Waals surface area contributed by atoms with Crippen molar-refractivity contribution in [2.75, 3.05) is 32.1 Å². The Kier molecular flexibility index (Phi) is 8.22. The zero-order valence-corrected chi connectivity index (χ0v) is 18.4. The molecule has 0 aromatic heterocycles. The van der Waals surface area contributed by atoms with Gasteiger partial charge in [0.1, 0.15) is 5.75 Å². The van der Waals surface area contributed by atoms with Crippen molar-refractivity contribution in [1.82, 2.24) is 5.32 Å². The lowest BCUT2D eigenvalue weighted by atomic mass is 10.00. The van der Waals surface area contributed by atoms with E-state index in [2.05, 4.69) is 52.6 Å². The molecule has 1 aliphatic rings. The molecule has 0 radical (unpaired) electrons. The third-order valence-electron chi connectivity index (χ3n) is 4.81.